The minimum absolute atomic E-state index is 0.0359. The molecule has 0 aliphatic carbocycles. The Morgan fingerprint density at radius 1 is 1.44 bits per heavy atom. The molecule has 1 aromatic rings. The SMILES string of the molecule is O=C1Cc2cc(C(=O)N3CCC(O)C3)ccc2N1. The fourth-order valence-electron chi connectivity index (χ4n) is 2.47. The lowest BCUT2D eigenvalue weighted by Crippen LogP contribution is -2.29. The van der Waals surface area contributed by atoms with Gasteiger partial charge < -0.3 is 15.3 Å². The van der Waals surface area contributed by atoms with Crippen molar-refractivity contribution in [1.82, 2.24) is 4.90 Å². The predicted octanol–water partition coefficient (Wildman–Crippen LogP) is 0.388. The molecule has 2 aliphatic rings. The number of anilines is 1. The van der Waals surface area contributed by atoms with Crippen molar-refractivity contribution in [1.29, 1.82) is 0 Å². The van der Waals surface area contributed by atoms with Gasteiger partial charge in [-0.2, -0.15) is 0 Å². The molecule has 0 saturated carbocycles. The molecule has 1 saturated heterocycles. The second-order valence-electron chi connectivity index (χ2n) is 4.79. The number of aliphatic hydroxyl groups excluding tert-OH is 1. The first-order chi connectivity index (χ1) is 8.63. The van der Waals surface area contributed by atoms with Gasteiger partial charge in [-0.25, -0.2) is 0 Å². The van der Waals surface area contributed by atoms with E-state index in [-0.39, 0.29) is 11.8 Å². The first-order valence-corrected chi connectivity index (χ1v) is 6.03. The molecule has 1 atom stereocenters. The Labute approximate surface area is 104 Å². The molecule has 0 spiro atoms. The zero-order valence-corrected chi connectivity index (χ0v) is 9.85. The maximum atomic E-state index is 12.2. The van der Waals surface area contributed by atoms with Gasteiger partial charge in [0.15, 0.2) is 0 Å². The zero-order chi connectivity index (χ0) is 12.7. The summed E-state index contributed by atoms with van der Waals surface area (Å²) in [4.78, 5) is 25.1. The molecule has 1 fully saturated rings. The first-order valence-electron chi connectivity index (χ1n) is 6.03. The number of hydrogen-bond donors (Lipinski definition) is 2. The van der Waals surface area contributed by atoms with Gasteiger partial charge in [0, 0.05) is 24.3 Å². The predicted molar refractivity (Wildman–Crippen MR) is 65.3 cm³/mol. The number of likely N-dealkylation sites (tertiary alicyclic amines) is 1. The maximum absolute atomic E-state index is 12.2. The number of nitrogens with one attached hydrogen (secondary N) is 1. The number of carbonyl (C=O) groups is 2. The normalized spacial score (nSPS) is 21.9. The molecule has 5 heteroatoms. The van der Waals surface area contributed by atoms with Crippen molar-refractivity contribution < 1.29 is 14.7 Å². The Balaban J connectivity index is 1.83. The summed E-state index contributed by atoms with van der Waals surface area (Å²) in [5, 5.41) is 12.2. The van der Waals surface area contributed by atoms with Gasteiger partial charge in [0.2, 0.25) is 5.91 Å². The number of benzene rings is 1. The lowest BCUT2D eigenvalue weighted by atomic mass is 10.1. The van der Waals surface area contributed by atoms with Crippen molar-refractivity contribution in [2.24, 2.45) is 0 Å². The topological polar surface area (TPSA) is 69.6 Å². The fraction of sp³-hybridized carbons (Fsp3) is 0.385. The highest BCUT2D eigenvalue weighted by Gasteiger charge is 2.26. The summed E-state index contributed by atoms with van der Waals surface area (Å²) in [5.41, 5.74) is 2.24. The third-order valence-electron chi connectivity index (χ3n) is 3.43. The highest BCUT2D eigenvalue weighted by Crippen LogP contribution is 2.25. The maximum Gasteiger partial charge on any atom is 0.253 e. The number of carbonyl (C=O) groups excluding carboxylic acids is 2. The highest BCUT2D eigenvalue weighted by atomic mass is 16.3. The molecule has 1 aromatic carbocycles. The number of β-amino-alcohol motifs (C(OH)–C–C–N with tert-alkyl or cyclic N) is 1. The Bertz CT molecular complexity index is 527. The van der Waals surface area contributed by atoms with Crippen LogP contribution in [0, 0.1) is 0 Å². The average molecular weight is 246 g/mol. The van der Waals surface area contributed by atoms with Gasteiger partial charge in [0.05, 0.1) is 12.5 Å². The molecule has 94 valence electrons. The van der Waals surface area contributed by atoms with Crippen molar-refractivity contribution in [3.8, 4) is 0 Å². The van der Waals surface area contributed by atoms with Gasteiger partial charge in [-0.3, -0.25) is 9.59 Å². The van der Waals surface area contributed by atoms with Crippen LogP contribution in [0.25, 0.3) is 0 Å². The quantitative estimate of drug-likeness (QED) is 0.753. The monoisotopic (exact) mass is 246 g/mol. The minimum atomic E-state index is -0.411. The summed E-state index contributed by atoms with van der Waals surface area (Å²) in [5.74, 6) is -0.111. The molecule has 0 bridgehead atoms. The number of fused-ring (bicyclic) bond motifs is 1. The number of amides is 2. The van der Waals surface area contributed by atoms with Crippen LogP contribution in [0.3, 0.4) is 0 Å². The van der Waals surface area contributed by atoms with Crippen LogP contribution < -0.4 is 5.32 Å². The van der Waals surface area contributed by atoms with Crippen LogP contribution in [-0.2, 0) is 11.2 Å². The van der Waals surface area contributed by atoms with Crippen LogP contribution in [0.5, 0.6) is 0 Å². The second kappa shape index (κ2) is 4.10. The summed E-state index contributed by atoms with van der Waals surface area (Å²) >= 11 is 0. The molecule has 2 aliphatic heterocycles. The second-order valence-corrected chi connectivity index (χ2v) is 4.79. The number of hydrogen-bond acceptors (Lipinski definition) is 3. The largest absolute Gasteiger partial charge is 0.391 e. The first kappa shape index (κ1) is 11.2. The Morgan fingerprint density at radius 3 is 3.00 bits per heavy atom. The third-order valence-corrected chi connectivity index (χ3v) is 3.43. The lowest BCUT2D eigenvalue weighted by Gasteiger charge is -2.15. The van der Waals surface area contributed by atoms with Gasteiger partial charge >= 0.3 is 0 Å². The zero-order valence-electron chi connectivity index (χ0n) is 9.85. The van der Waals surface area contributed by atoms with E-state index in [0.29, 0.717) is 31.5 Å². The van der Waals surface area contributed by atoms with E-state index in [0.717, 1.165) is 11.3 Å². The van der Waals surface area contributed by atoms with E-state index in [1.165, 1.54) is 0 Å². The molecular formula is C13H14N2O3. The summed E-state index contributed by atoms with van der Waals surface area (Å²) in [6.07, 6.45) is 0.558. The molecule has 5 nitrogen and oxygen atoms in total. The number of aliphatic hydroxyl groups is 1. The smallest absolute Gasteiger partial charge is 0.253 e. The molecule has 18 heavy (non-hydrogen) atoms. The van der Waals surface area contributed by atoms with E-state index in [2.05, 4.69) is 5.32 Å². The molecular weight excluding hydrogens is 232 g/mol. The van der Waals surface area contributed by atoms with Crippen LogP contribution in [0.2, 0.25) is 0 Å². The lowest BCUT2D eigenvalue weighted by molar-refractivity contribution is -0.115. The molecule has 3 rings (SSSR count). The van der Waals surface area contributed by atoms with Crippen molar-refractivity contribution in [2.75, 3.05) is 18.4 Å². The van der Waals surface area contributed by atoms with E-state index >= 15 is 0 Å². The molecule has 2 amide bonds. The van der Waals surface area contributed by atoms with Crippen LogP contribution in [0.4, 0.5) is 5.69 Å². The van der Waals surface area contributed by atoms with Crippen LogP contribution in [0.1, 0.15) is 22.3 Å². The van der Waals surface area contributed by atoms with Crippen LogP contribution >= 0.6 is 0 Å². The van der Waals surface area contributed by atoms with E-state index in [1.54, 1.807) is 23.1 Å². The van der Waals surface area contributed by atoms with Gasteiger partial charge in [-0.05, 0) is 30.2 Å². The third kappa shape index (κ3) is 1.86. The molecule has 2 heterocycles. The van der Waals surface area contributed by atoms with E-state index < -0.39 is 6.10 Å². The minimum Gasteiger partial charge on any atom is -0.391 e. The molecule has 0 radical (unpaired) electrons. The van der Waals surface area contributed by atoms with E-state index in [4.69, 9.17) is 0 Å². The number of rotatable bonds is 1. The highest BCUT2D eigenvalue weighted by molar-refractivity contribution is 6.01. The van der Waals surface area contributed by atoms with Crippen LogP contribution in [-0.4, -0.2) is 41.0 Å². The fourth-order valence-corrected chi connectivity index (χ4v) is 2.47. The van der Waals surface area contributed by atoms with Crippen molar-refractivity contribution in [2.45, 2.75) is 18.9 Å². The Kier molecular flexibility index (Phi) is 2.56. The van der Waals surface area contributed by atoms with E-state index in [1.807, 2.05) is 0 Å². The van der Waals surface area contributed by atoms with Gasteiger partial charge in [0.25, 0.3) is 5.91 Å². The summed E-state index contributed by atoms with van der Waals surface area (Å²) in [7, 11) is 0. The van der Waals surface area contributed by atoms with Crippen LogP contribution in [0.15, 0.2) is 18.2 Å². The van der Waals surface area contributed by atoms with Gasteiger partial charge in [-0.15, -0.1) is 0 Å². The molecule has 1 unspecified atom stereocenters. The average Bonchev–Trinajstić information content (AvgIpc) is 2.92. The molecule has 2 N–H and O–H groups in total. The summed E-state index contributed by atoms with van der Waals surface area (Å²) < 4.78 is 0. The van der Waals surface area contributed by atoms with Crippen molar-refractivity contribution in [3.63, 3.8) is 0 Å². The Morgan fingerprint density at radius 2 is 2.28 bits per heavy atom. The standard InChI is InChI=1S/C13H14N2O3/c16-10-3-4-15(7-10)13(18)8-1-2-11-9(5-8)6-12(17)14-11/h1-2,5,10,16H,3-4,6-7H2,(H,14,17). The molecule has 0 aromatic heterocycles. The van der Waals surface area contributed by atoms with E-state index in [9.17, 15) is 14.7 Å². The summed E-state index contributed by atoms with van der Waals surface area (Å²) in [6.45, 7) is 0.987. The Hall–Kier alpha value is -1.88. The van der Waals surface area contributed by atoms with Gasteiger partial charge in [0.1, 0.15) is 0 Å². The number of nitrogens with zero attached hydrogens (tertiary/aromatic N) is 1. The van der Waals surface area contributed by atoms with Gasteiger partial charge in [-0.1, -0.05) is 0 Å². The van der Waals surface area contributed by atoms with Crippen molar-refractivity contribution >= 4 is 17.5 Å². The van der Waals surface area contributed by atoms with Crippen molar-refractivity contribution in [3.05, 3.63) is 29.3 Å². The summed E-state index contributed by atoms with van der Waals surface area (Å²) in [6, 6.07) is 5.25.